The summed E-state index contributed by atoms with van der Waals surface area (Å²) in [6.45, 7) is 1.52. The van der Waals surface area contributed by atoms with Crippen LogP contribution < -0.4 is 22.0 Å². The molecule has 9 heteroatoms. The Balaban J connectivity index is 1.44. The average molecular weight is 378 g/mol. The summed E-state index contributed by atoms with van der Waals surface area (Å²) in [5.74, 6) is 0.657. The van der Waals surface area contributed by atoms with E-state index in [1.165, 1.54) is 6.33 Å². The lowest BCUT2D eigenvalue weighted by molar-refractivity contribution is 0.0861. The summed E-state index contributed by atoms with van der Waals surface area (Å²) in [5.41, 5.74) is 12.7. The van der Waals surface area contributed by atoms with Crippen molar-refractivity contribution in [2.24, 2.45) is 10.7 Å². The fourth-order valence-electron chi connectivity index (χ4n) is 3.59. The van der Waals surface area contributed by atoms with E-state index in [1.54, 1.807) is 0 Å². The highest BCUT2D eigenvalue weighted by Crippen LogP contribution is 2.26. The largest absolute Gasteiger partial charge is 0.381 e. The van der Waals surface area contributed by atoms with Crippen molar-refractivity contribution in [2.45, 2.75) is 24.7 Å². The van der Waals surface area contributed by atoms with Gasteiger partial charge in [-0.05, 0) is 25.0 Å². The number of benzene rings is 1. The molecule has 1 fully saturated rings. The van der Waals surface area contributed by atoms with Gasteiger partial charge in [-0.3, -0.25) is 21.3 Å². The molecule has 0 amide bonds. The van der Waals surface area contributed by atoms with Crippen LogP contribution in [-0.4, -0.2) is 39.1 Å². The van der Waals surface area contributed by atoms with Crippen LogP contribution in [0.2, 0.25) is 0 Å². The number of fused-ring (bicyclic) bond motifs is 1. The first-order chi connectivity index (χ1) is 13.7. The van der Waals surface area contributed by atoms with Gasteiger partial charge in [0.1, 0.15) is 17.6 Å². The first kappa shape index (κ1) is 17.0. The van der Waals surface area contributed by atoms with Crippen molar-refractivity contribution in [2.75, 3.05) is 24.0 Å². The molecule has 2 aliphatic heterocycles. The molecule has 2 aromatic heterocycles. The van der Waals surface area contributed by atoms with Crippen molar-refractivity contribution < 1.29 is 4.74 Å². The quantitative estimate of drug-likeness (QED) is 0.542. The van der Waals surface area contributed by atoms with Crippen molar-refractivity contribution in [3.8, 4) is 11.4 Å². The third kappa shape index (κ3) is 3.04. The van der Waals surface area contributed by atoms with Crippen molar-refractivity contribution in [1.82, 2.24) is 19.9 Å². The van der Waals surface area contributed by atoms with Gasteiger partial charge in [-0.1, -0.05) is 30.3 Å². The number of aromatic amines is 1. The van der Waals surface area contributed by atoms with Crippen LogP contribution in [0.25, 0.3) is 11.4 Å². The molecule has 5 N–H and O–H groups in total. The maximum atomic E-state index is 6.66. The number of pyridine rings is 1. The zero-order valence-electron chi connectivity index (χ0n) is 15.3. The average Bonchev–Trinajstić information content (AvgIpc) is 3.38. The Bertz CT molecular complexity index is 1020. The van der Waals surface area contributed by atoms with Crippen LogP contribution in [0, 0.1) is 0 Å². The fraction of sp³-hybridized carbons (Fsp3) is 0.316. The number of ether oxygens (including phenoxy) is 1. The molecule has 1 unspecified atom stereocenters. The van der Waals surface area contributed by atoms with E-state index in [0.717, 1.165) is 54.3 Å². The third-order valence-corrected chi connectivity index (χ3v) is 5.12. The first-order valence-electron chi connectivity index (χ1n) is 9.36. The summed E-state index contributed by atoms with van der Waals surface area (Å²) in [5, 5.41) is 10.1. The van der Waals surface area contributed by atoms with E-state index in [4.69, 9.17) is 15.5 Å². The van der Waals surface area contributed by atoms with Gasteiger partial charge in [0.05, 0.1) is 6.04 Å². The molecule has 1 aromatic carbocycles. The van der Waals surface area contributed by atoms with E-state index in [2.05, 4.69) is 25.9 Å². The number of hydrogen-bond acceptors (Lipinski definition) is 7. The van der Waals surface area contributed by atoms with Gasteiger partial charge in [0.15, 0.2) is 5.82 Å². The van der Waals surface area contributed by atoms with Crippen LogP contribution in [-0.2, 0) is 10.5 Å². The lowest BCUT2D eigenvalue weighted by atomic mass is 10.1. The number of H-pyrrole nitrogens is 1. The Labute approximate surface area is 161 Å². The second-order valence-electron chi connectivity index (χ2n) is 7.03. The minimum absolute atomic E-state index is 0.267. The molecule has 3 aromatic rings. The molecule has 4 heterocycles. The van der Waals surface area contributed by atoms with E-state index in [-0.39, 0.29) is 6.04 Å². The van der Waals surface area contributed by atoms with Crippen LogP contribution in [0.15, 0.2) is 53.8 Å². The fourth-order valence-corrected chi connectivity index (χ4v) is 3.59. The summed E-state index contributed by atoms with van der Waals surface area (Å²) in [6, 6.07) is 14.1. The van der Waals surface area contributed by atoms with E-state index in [0.29, 0.717) is 0 Å². The normalized spacial score (nSPS) is 22.5. The maximum absolute atomic E-state index is 6.66. The maximum Gasteiger partial charge on any atom is 0.204 e. The monoisotopic (exact) mass is 378 g/mol. The standard InChI is InChI=1S/C19H22N8O/c20-19(14-6-4-13(5-7-14)18-21-12-22-25-18)24-17-3-1-2-16(27(17)26-19)23-15-8-10-28-11-9-15/h1-7,12,15,24,26H,8-11,20H2,(H,21,22,25). The van der Waals surface area contributed by atoms with Crippen molar-refractivity contribution >= 4 is 5.82 Å². The van der Waals surface area contributed by atoms with Gasteiger partial charge in [-0.2, -0.15) is 5.10 Å². The van der Waals surface area contributed by atoms with Crippen molar-refractivity contribution in [1.29, 1.82) is 0 Å². The summed E-state index contributed by atoms with van der Waals surface area (Å²) < 4.78 is 7.35. The summed E-state index contributed by atoms with van der Waals surface area (Å²) >= 11 is 0. The van der Waals surface area contributed by atoms with Crippen LogP contribution in [0.3, 0.4) is 0 Å². The number of anilines is 1. The first-order valence-corrected chi connectivity index (χ1v) is 9.36. The van der Waals surface area contributed by atoms with E-state index < -0.39 is 5.79 Å². The highest BCUT2D eigenvalue weighted by molar-refractivity contribution is 5.57. The molecule has 1 saturated heterocycles. The zero-order chi connectivity index (χ0) is 19.0. The van der Waals surface area contributed by atoms with Gasteiger partial charge in [-0.25, -0.2) is 9.66 Å². The smallest absolute Gasteiger partial charge is 0.204 e. The van der Waals surface area contributed by atoms with Gasteiger partial charge in [0.2, 0.25) is 5.79 Å². The number of hydrogen-bond donors (Lipinski definition) is 4. The van der Waals surface area contributed by atoms with Crippen molar-refractivity contribution in [3.63, 3.8) is 0 Å². The SMILES string of the molecule is NC1(c2ccc(-c3ncn[nH]3)cc2)Nc2cccc(=NC3CCOCC3)n2N1. The Morgan fingerprint density at radius 3 is 2.71 bits per heavy atom. The van der Waals surface area contributed by atoms with E-state index >= 15 is 0 Å². The van der Waals surface area contributed by atoms with Gasteiger partial charge in [0, 0.05) is 24.3 Å². The minimum Gasteiger partial charge on any atom is -0.381 e. The van der Waals surface area contributed by atoms with Crippen molar-refractivity contribution in [3.05, 3.63) is 59.8 Å². The minimum atomic E-state index is -0.936. The Morgan fingerprint density at radius 1 is 1.14 bits per heavy atom. The molecular weight excluding hydrogens is 356 g/mol. The molecule has 0 aliphatic carbocycles. The molecule has 144 valence electrons. The van der Waals surface area contributed by atoms with Crippen LogP contribution in [0.1, 0.15) is 18.4 Å². The Hall–Kier alpha value is -3.17. The molecule has 0 bridgehead atoms. The van der Waals surface area contributed by atoms with Crippen LogP contribution in [0.5, 0.6) is 0 Å². The van der Waals surface area contributed by atoms with Gasteiger partial charge < -0.3 is 10.1 Å². The summed E-state index contributed by atoms with van der Waals surface area (Å²) in [4.78, 5) is 9.08. The molecule has 5 rings (SSSR count). The lowest BCUT2D eigenvalue weighted by Gasteiger charge is -2.25. The number of nitrogens with two attached hydrogens (primary N) is 1. The highest BCUT2D eigenvalue weighted by Gasteiger charge is 2.34. The van der Waals surface area contributed by atoms with Gasteiger partial charge >= 0.3 is 0 Å². The highest BCUT2D eigenvalue weighted by atomic mass is 16.5. The number of rotatable bonds is 3. The predicted octanol–water partition coefficient (Wildman–Crippen LogP) is 1.09. The topological polar surface area (TPSA) is 118 Å². The molecule has 2 aliphatic rings. The molecule has 0 radical (unpaired) electrons. The summed E-state index contributed by atoms with van der Waals surface area (Å²) in [7, 11) is 0. The molecule has 0 saturated carbocycles. The van der Waals surface area contributed by atoms with Gasteiger partial charge in [0.25, 0.3) is 0 Å². The summed E-state index contributed by atoms with van der Waals surface area (Å²) in [6.07, 6.45) is 3.37. The zero-order valence-corrected chi connectivity index (χ0v) is 15.3. The van der Waals surface area contributed by atoms with Crippen LogP contribution >= 0.6 is 0 Å². The third-order valence-electron chi connectivity index (χ3n) is 5.12. The van der Waals surface area contributed by atoms with E-state index in [9.17, 15) is 0 Å². The van der Waals surface area contributed by atoms with Crippen LogP contribution in [0.4, 0.5) is 5.82 Å². The lowest BCUT2D eigenvalue weighted by Crippen LogP contribution is -2.50. The second-order valence-corrected chi connectivity index (χ2v) is 7.03. The number of nitrogens with zero attached hydrogens (tertiary/aromatic N) is 4. The molecular formula is C19H22N8O. The van der Waals surface area contributed by atoms with E-state index in [1.807, 2.05) is 47.1 Å². The predicted molar refractivity (Wildman–Crippen MR) is 105 cm³/mol. The second kappa shape index (κ2) is 6.77. The number of nitrogens with one attached hydrogen (secondary N) is 3. The molecule has 9 nitrogen and oxygen atoms in total. The molecule has 28 heavy (non-hydrogen) atoms. The molecule has 0 spiro atoms. The Morgan fingerprint density at radius 2 is 1.96 bits per heavy atom. The molecule has 1 atom stereocenters. The number of aromatic nitrogens is 4. The van der Waals surface area contributed by atoms with Gasteiger partial charge in [-0.15, -0.1) is 0 Å². The Kier molecular flexibility index (Phi) is 4.10.